The minimum Gasteiger partial charge on any atom is -0.460 e. The highest BCUT2D eigenvalue weighted by atomic mass is 32.2. The average Bonchev–Trinajstić information content (AvgIpc) is 3.62. The third-order valence-electron chi connectivity index (χ3n) is 6.60. The summed E-state index contributed by atoms with van der Waals surface area (Å²) < 4.78 is 47.3. The second-order valence-corrected chi connectivity index (χ2v) is 13.6. The number of ether oxygens (including phenoxy) is 3. The van der Waals surface area contributed by atoms with Gasteiger partial charge in [-0.05, 0) is 77.1 Å². The van der Waals surface area contributed by atoms with E-state index in [-0.39, 0.29) is 23.6 Å². The molecule has 10 heteroatoms. The van der Waals surface area contributed by atoms with E-state index in [1.807, 2.05) is 48.6 Å². The fourth-order valence-corrected chi connectivity index (χ4v) is 6.86. The van der Waals surface area contributed by atoms with Crippen molar-refractivity contribution in [2.75, 3.05) is 5.75 Å². The molecule has 0 spiro atoms. The predicted octanol–water partition coefficient (Wildman–Crippen LogP) is 5.10. The summed E-state index contributed by atoms with van der Waals surface area (Å²) in [5, 5.41) is 0.125. The zero-order valence-electron chi connectivity index (χ0n) is 23.9. The molecule has 2 aromatic rings. The van der Waals surface area contributed by atoms with Gasteiger partial charge in [0.2, 0.25) is 0 Å². The van der Waals surface area contributed by atoms with Gasteiger partial charge in [0, 0.05) is 30.1 Å². The molecule has 1 fully saturated rings. The quantitative estimate of drug-likeness (QED) is 0.424. The van der Waals surface area contributed by atoms with Gasteiger partial charge in [-0.3, -0.25) is 19.3 Å². The summed E-state index contributed by atoms with van der Waals surface area (Å²) in [4.78, 5) is 21.5. The number of allylic oxidation sites excluding steroid dienone is 4. The summed E-state index contributed by atoms with van der Waals surface area (Å²) in [7, 11) is -3.88. The van der Waals surface area contributed by atoms with Crippen molar-refractivity contribution in [3.8, 4) is 5.69 Å². The van der Waals surface area contributed by atoms with Crippen LogP contribution in [0.1, 0.15) is 53.2 Å². The Balaban J connectivity index is 1.46. The number of hydrogen-bond acceptors (Lipinski definition) is 8. The summed E-state index contributed by atoms with van der Waals surface area (Å²) in [6, 6.07) is 12.7. The van der Waals surface area contributed by atoms with Crippen LogP contribution in [0.25, 0.3) is 5.69 Å². The van der Waals surface area contributed by atoms with Crippen LogP contribution in [0.15, 0.2) is 93.2 Å². The summed E-state index contributed by atoms with van der Waals surface area (Å²) in [5.41, 5.74) is 2.90. The van der Waals surface area contributed by atoms with Gasteiger partial charge in [-0.1, -0.05) is 18.2 Å². The highest BCUT2D eigenvalue weighted by Gasteiger charge is 2.40. The molecule has 4 heterocycles. The molecule has 9 nitrogen and oxygen atoms in total. The first-order valence-corrected chi connectivity index (χ1v) is 15.2. The molecular formula is C31H35N3O6S. The predicted molar refractivity (Wildman–Crippen MR) is 157 cm³/mol. The van der Waals surface area contributed by atoms with Gasteiger partial charge in [-0.15, -0.1) is 0 Å². The van der Waals surface area contributed by atoms with Gasteiger partial charge in [0.25, 0.3) is 0 Å². The van der Waals surface area contributed by atoms with E-state index < -0.39 is 39.4 Å². The van der Waals surface area contributed by atoms with Crippen molar-refractivity contribution in [2.45, 2.75) is 76.1 Å². The van der Waals surface area contributed by atoms with Crippen LogP contribution >= 0.6 is 0 Å². The number of carbonyl (C=O) groups excluding carboxylic acids is 1. The monoisotopic (exact) mass is 577 g/mol. The Morgan fingerprint density at radius 3 is 2.49 bits per heavy atom. The molecule has 1 saturated heterocycles. The number of aromatic nitrogens is 1. The normalized spacial score (nSPS) is 23.7. The van der Waals surface area contributed by atoms with Crippen molar-refractivity contribution >= 4 is 27.7 Å². The number of esters is 1. The van der Waals surface area contributed by atoms with Crippen LogP contribution in [0, 0.1) is 0 Å². The Labute approximate surface area is 240 Å². The maximum absolute atomic E-state index is 14.1. The Morgan fingerprint density at radius 1 is 1.07 bits per heavy atom. The van der Waals surface area contributed by atoms with E-state index in [1.54, 1.807) is 63.7 Å². The smallest absolute Gasteiger partial charge is 0.308 e. The van der Waals surface area contributed by atoms with E-state index in [2.05, 4.69) is 9.98 Å². The molecule has 0 bridgehead atoms. The number of nitrogens with zero attached hydrogens (tertiary/aromatic N) is 3. The Morgan fingerprint density at radius 2 is 1.80 bits per heavy atom. The number of benzene rings is 1. The lowest BCUT2D eigenvalue weighted by molar-refractivity contribution is -0.295. The standard InChI is InChI=1S/C31H35N3O6S/c1-30(2,3)40-28(35)19-22-18-23(39-31(4,5)38-22)20-41(36,37)27-14-13-26(34(27)21-10-7-6-8-11-21)29-24(15-17-33-29)25-12-9-16-32-25/h6-17,22-23H,18-20H2,1-5H3/t22-,23+/m1/s1. The molecule has 0 N–H and O–H groups in total. The fourth-order valence-electron chi connectivity index (χ4n) is 5.24. The van der Waals surface area contributed by atoms with Crippen LogP contribution in [-0.2, 0) is 28.8 Å². The number of rotatable bonds is 7. The highest BCUT2D eigenvalue weighted by Crippen LogP contribution is 2.33. The molecule has 0 amide bonds. The maximum Gasteiger partial charge on any atom is 0.308 e. The van der Waals surface area contributed by atoms with Crippen molar-refractivity contribution in [1.29, 1.82) is 0 Å². The van der Waals surface area contributed by atoms with Gasteiger partial charge < -0.3 is 14.2 Å². The van der Waals surface area contributed by atoms with E-state index in [0.29, 0.717) is 17.1 Å². The van der Waals surface area contributed by atoms with Crippen molar-refractivity contribution in [2.24, 2.45) is 9.98 Å². The number of aliphatic imine (C=N–C) groups is 2. The van der Waals surface area contributed by atoms with Crippen molar-refractivity contribution in [3.05, 3.63) is 83.9 Å². The molecule has 1 aromatic heterocycles. The van der Waals surface area contributed by atoms with Crippen LogP contribution in [0.4, 0.5) is 0 Å². The van der Waals surface area contributed by atoms with Crippen LogP contribution in [-0.4, -0.2) is 60.2 Å². The number of sulfone groups is 1. The lowest BCUT2D eigenvalue weighted by atomic mass is 10.1. The van der Waals surface area contributed by atoms with E-state index in [4.69, 9.17) is 14.2 Å². The van der Waals surface area contributed by atoms with Crippen molar-refractivity contribution in [3.63, 3.8) is 0 Å². The van der Waals surface area contributed by atoms with E-state index in [9.17, 15) is 13.2 Å². The van der Waals surface area contributed by atoms with Gasteiger partial charge in [0.1, 0.15) is 10.6 Å². The SMILES string of the molecule is CC(C)(C)OC(=O)C[C@H]1C[C@@H](CS(=O)(=O)c2ccc(C3=NC=CC3=C3C=CC=N3)n2-c2ccccc2)OC(C)(C)O1. The van der Waals surface area contributed by atoms with E-state index >= 15 is 0 Å². The van der Waals surface area contributed by atoms with Crippen molar-refractivity contribution < 1.29 is 27.4 Å². The molecule has 3 aliphatic heterocycles. The van der Waals surface area contributed by atoms with Gasteiger partial charge in [-0.25, -0.2) is 8.42 Å². The summed E-state index contributed by atoms with van der Waals surface area (Å²) in [5.74, 6) is -1.76. The topological polar surface area (TPSA) is 109 Å². The molecule has 216 valence electrons. The van der Waals surface area contributed by atoms with Crippen LogP contribution < -0.4 is 0 Å². The third kappa shape index (κ3) is 6.66. The molecule has 5 rings (SSSR count). The van der Waals surface area contributed by atoms with Crippen LogP contribution in [0.3, 0.4) is 0 Å². The fraction of sp³-hybridized carbons (Fsp3) is 0.387. The molecule has 0 aliphatic carbocycles. The minimum atomic E-state index is -3.88. The second kappa shape index (κ2) is 11.0. The van der Waals surface area contributed by atoms with Crippen LogP contribution in [0.2, 0.25) is 0 Å². The molecule has 0 radical (unpaired) electrons. The molecule has 0 unspecified atom stereocenters. The third-order valence-corrected chi connectivity index (χ3v) is 8.36. The maximum atomic E-state index is 14.1. The summed E-state index contributed by atoms with van der Waals surface area (Å²) >= 11 is 0. The molecule has 1 aromatic carbocycles. The molecule has 2 atom stereocenters. The zero-order chi connectivity index (χ0) is 29.4. The first-order valence-electron chi connectivity index (χ1n) is 13.6. The first-order chi connectivity index (χ1) is 19.3. The average molecular weight is 578 g/mol. The summed E-state index contributed by atoms with van der Waals surface area (Å²) in [6.07, 6.45) is 8.03. The highest BCUT2D eigenvalue weighted by molar-refractivity contribution is 7.91. The van der Waals surface area contributed by atoms with E-state index in [1.165, 1.54) is 0 Å². The number of para-hydroxylation sites is 1. The van der Waals surface area contributed by atoms with Gasteiger partial charge in [-0.2, -0.15) is 0 Å². The van der Waals surface area contributed by atoms with Gasteiger partial charge in [0.05, 0.1) is 41.5 Å². The Kier molecular flexibility index (Phi) is 7.76. The second-order valence-electron chi connectivity index (χ2n) is 11.6. The lowest BCUT2D eigenvalue weighted by Gasteiger charge is -2.40. The molecule has 41 heavy (non-hydrogen) atoms. The summed E-state index contributed by atoms with van der Waals surface area (Å²) in [6.45, 7) is 8.85. The minimum absolute atomic E-state index is 0.00629. The number of carbonyl (C=O) groups is 1. The largest absolute Gasteiger partial charge is 0.460 e. The molecular weight excluding hydrogens is 542 g/mol. The zero-order valence-corrected chi connectivity index (χ0v) is 24.7. The van der Waals surface area contributed by atoms with Gasteiger partial charge >= 0.3 is 5.97 Å². The van der Waals surface area contributed by atoms with Gasteiger partial charge in [0.15, 0.2) is 15.6 Å². The molecule has 3 aliphatic rings. The van der Waals surface area contributed by atoms with E-state index in [0.717, 1.165) is 11.3 Å². The first kappa shape index (κ1) is 28.9. The lowest BCUT2D eigenvalue weighted by Crippen LogP contribution is -2.47. The number of hydrogen-bond donors (Lipinski definition) is 0. The van der Waals surface area contributed by atoms with Crippen molar-refractivity contribution in [1.82, 2.24) is 4.57 Å². The Hall–Kier alpha value is -3.60. The van der Waals surface area contributed by atoms with Crippen LogP contribution in [0.5, 0.6) is 0 Å². The molecule has 0 saturated carbocycles. The Bertz CT molecular complexity index is 1570.